The van der Waals surface area contributed by atoms with Crippen molar-refractivity contribution in [1.82, 2.24) is 0 Å². The fraction of sp³-hybridized carbons (Fsp3) is 0.905. The Bertz CT molecular complexity index is 334. The van der Waals surface area contributed by atoms with Crippen molar-refractivity contribution in [2.45, 2.75) is 105 Å². The molecule has 0 aromatic carbocycles. The third-order valence-corrected chi connectivity index (χ3v) is 22.0. The molecular weight excluding hydrogens is 403 g/mol. The van der Waals surface area contributed by atoms with Crippen LogP contribution in [0.1, 0.15) is 79.1 Å². The van der Waals surface area contributed by atoms with E-state index in [4.69, 9.17) is 16.4 Å². The van der Waals surface area contributed by atoms with E-state index in [-0.39, 0.29) is 12.7 Å². The van der Waals surface area contributed by atoms with Crippen LogP contribution in [0.25, 0.3) is 0 Å². The van der Waals surface area contributed by atoms with Gasteiger partial charge in [0, 0.05) is 0 Å². The number of rotatable bonds is 15. The zero-order chi connectivity index (χ0) is 18.0. The number of hydrogen-bond donors (Lipinski definition) is 1. The quantitative estimate of drug-likeness (QED) is 0.244. The van der Waals surface area contributed by atoms with Gasteiger partial charge >= 0.3 is 155 Å². The van der Waals surface area contributed by atoms with E-state index in [2.05, 4.69) is 27.7 Å². The zero-order valence-electron chi connectivity index (χ0n) is 16.8. The summed E-state index contributed by atoms with van der Waals surface area (Å²) in [6, 6.07) is 0. The Labute approximate surface area is 155 Å². The van der Waals surface area contributed by atoms with Crippen molar-refractivity contribution in [3.63, 3.8) is 0 Å². The minimum atomic E-state index is -2.25. The topological polar surface area (TPSA) is 32.8 Å². The second-order valence-corrected chi connectivity index (χ2v) is 21.7. The molecule has 0 saturated carbocycles. The first kappa shape index (κ1) is 22.5. The summed E-state index contributed by atoms with van der Waals surface area (Å²) in [5, 5.41) is 9.16. The molecule has 24 heavy (non-hydrogen) atoms. The van der Waals surface area contributed by atoms with Gasteiger partial charge in [-0.15, -0.1) is 0 Å². The Morgan fingerprint density at radius 2 is 1.50 bits per heavy atom. The van der Waals surface area contributed by atoms with E-state index >= 15 is 0 Å². The van der Waals surface area contributed by atoms with Gasteiger partial charge < -0.3 is 0 Å². The number of aliphatic hydroxyl groups is 1. The summed E-state index contributed by atoms with van der Waals surface area (Å²) in [7, 11) is 0. The van der Waals surface area contributed by atoms with Gasteiger partial charge in [0.15, 0.2) is 0 Å². The van der Waals surface area contributed by atoms with E-state index in [9.17, 15) is 0 Å². The first-order valence-corrected chi connectivity index (χ1v) is 18.0. The summed E-state index contributed by atoms with van der Waals surface area (Å²) in [5.74, 6) is 0.653. The molecule has 1 fully saturated rings. The van der Waals surface area contributed by atoms with Gasteiger partial charge in [-0.1, -0.05) is 0 Å². The van der Waals surface area contributed by atoms with Crippen LogP contribution >= 0.6 is 0 Å². The fourth-order valence-corrected chi connectivity index (χ4v) is 20.3. The average molecular weight is 445 g/mol. The molecule has 3 atom stereocenters. The van der Waals surface area contributed by atoms with Crippen LogP contribution in [0, 0.1) is 5.92 Å². The van der Waals surface area contributed by atoms with E-state index in [0.29, 0.717) is 12.0 Å². The molecule has 0 aliphatic carbocycles. The monoisotopic (exact) mass is 446 g/mol. The predicted octanol–water partition coefficient (Wildman–Crippen LogP) is 6.11. The summed E-state index contributed by atoms with van der Waals surface area (Å²) < 4.78 is 11.8. The summed E-state index contributed by atoms with van der Waals surface area (Å²) in [5.41, 5.74) is 0. The average Bonchev–Trinajstić information content (AvgIpc) is 3.32. The molecule has 1 saturated heterocycles. The second-order valence-electron chi connectivity index (χ2n) is 8.14. The van der Waals surface area contributed by atoms with Crippen LogP contribution < -0.4 is 0 Å². The van der Waals surface area contributed by atoms with Crippen LogP contribution in [-0.2, 0) is 4.74 Å². The molecule has 0 radical (unpaired) electrons. The number of ether oxygens (including phenoxy) is 1. The van der Waals surface area contributed by atoms with Crippen molar-refractivity contribution in [1.29, 1.82) is 0 Å². The van der Waals surface area contributed by atoms with Crippen LogP contribution in [0.5, 0.6) is 0 Å². The number of hydrogen-bond acceptors (Lipinski definition) is 2. The van der Waals surface area contributed by atoms with Crippen LogP contribution in [0.4, 0.5) is 0 Å². The second kappa shape index (κ2) is 12.0. The molecule has 0 amide bonds. The first-order chi connectivity index (χ1) is 11.5. The van der Waals surface area contributed by atoms with E-state index in [1.54, 1.807) is 3.59 Å². The van der Waals surface area contributed by atoms with Crippen LogP contribution in [-0.4, -0.2) is 42.3 Å². The van der Waals surface area contributed by atoms with Gasteiger partial charge in [0.25, 0.3) is 0 Å². The van der Waals surface area contributed by atoms with Gasteiger partial charge in [0.2, 0.25) is 0 Å². The van der Waals surface area contributed by atoms with Gasteiger partial charge in [0.1, 0.15) is 0 Å². The van der Waals surface area contributed by atoms with Crippen LogP contribution in [0.2, 0.25) is 13.3 Å². The summed E-state index contributed by atoms with van der Waals surface area (Å²) in [6.45, 7) is 14.2. The molecule has 0 spiro atoms. The van der Waals surface area contributed by atoms with E-state index < -0.39 is 18.4 Å². The number of epoxide rings is 1. The molecule has 0 unspecified atom stereocenters. The molecule has 0 aromatic rings. The fourth-order valence-electron chi connectivity index (χ4n) is 4.11. The van der Waals surface area contributed by atoms with E-state index in [0.717, 1.165) is 6.42 Å². The molecule has 2 nitrogen and oxygen atoms in total. The molecule has 1 aliphatic heterocycles. The third kappa shape index (κ3) is 7.37. The molecule has 0 aromatic heterocycles. The van der Waals surface area contributed by atoms with Crippen LogP contribution in [0.15, 0.2) is 10.2 Å². The zero-order valence-corrected chi connectivity index (χ0v) is 19.6. The van der Waals surface area contributed by atoms with Gasteiger partial charge in [-0.3, -0.25) is 0 Å². The van der Waals surface area contributed by atoms with Gasteiger partial charge in [-0.25, -0.2) is 0 Å². The van der Waals surface area contributed by atoms with Gasteiger partial charge in [-0.2, -0.15) is 0 Å². The normalized spacial score (nSPS) is 21.7. The molecule has 1 rings (SSSR count). The minimum absolute atomic E-state index is 0.120. The summed E-state index contributed by atoms with van der Waals surface area (Å²) in [6.07, 6.45) is 11.0. The SMILES string of the molecule is C=[C](C[C@@H](C)C[C@@H]1O[C@H]1CO)[Sn]([CH2]CCC)([CH2]CCC)[CH2]CCC. The number of allylic oxidation sites excluding steroid dienone is 1. The Kier molecular flexibility index (Phi) is 11.2. The number of unbranched alkanes of at least 4 members (excludes halogenated alkanes) is 3. The Balaban J connectivity index is 2.67. The van der Waals surface area contributed by atoms with Gasteiger partial charge in [0.05, 0.1) is 0 Å². The Morgan fingerprint density at radius 3 is 1.88 bits per heavy atom. The molecule has 142 valence electrons. The first-order valence-electron chi connectivity index (χ1n) is 10.5. The molecule has 1 heterocycles. The Morgan fingerprint density at radius 1 is 1.00 bits per heavy atom. The summed E-state index contributed by atoms with van der Waals surface area (Å²) in [4.78, 5) is 0. The van der Waals surface area contributed by atoms with Crippen molar-refractivity contribution in [2.75, 3.05) is 6.61 Å². The van der Waals surface area contributed by atoms with E-state index in [1.165, 1.54) is 58.3 Å². The maximum absolute atomic E-state index is 9.16. The van der Waals surface area contributed by atoms with Crippen molar-refractivity contribution >= 4 is 18.4 Å². The molecule has 1 N–H and O–H groups in total. The van der Waals surface area contributed by atoms with Crippen molar-refractivity contribution in [2.24, 2.45) is 5.92 Å². The maximum atomic E-state index is 9.16. The third-order valence-electron chi connectivity index (χ3n) is 5.87. The molecular formula is C21H42O2Sn. The molecule has 0 bridgehead atoms. The molecule has 1 aliphatic rings. The van der Waals surface area contributed by atoms with Crippen molar-refractivity contribution < 1.29 is 9.84 Å². The number of aliphatic hydroxyl groups excluding tert-OH is 1. The van der Waals surface area contributed by atoms with Crippen LogP contribution in [0.3, 0.4) is 0 Å². The van der Waals surface area contributed by atoms with Crippen molar-refractivity contribution in [3.8, 4) is 0 Å². The van der Waals surface area contributed by atoms with Crippen molar-refractivity contribution in [3.05, 3.63) is 10.2 Å². The van der Waals surface area contributed by atoms with Gasteiger partial charge in [-0.05, 0) is 0 Å². The summed E-state index contributed by atoms with van der Waals surface area (Å²) >= 11 is -2.25. The molecule has 3 heteroatoms. The standard InChI is InChI=1S/C9H15O2.3C4H9.Sn/c1-3-4-7(2)5-8-9(6-10)11-8;3*1-3-4-2;/h7-10H,1,4-6H2,2H3;3*1,3-4H2,2H3;/t7-,8+,9+;;;;/m1..../s1. The predicted molar refractivity (Wildman–Crippen MR) is 108 cm³/mol. The van der Waals surface area contributed by atoms with E-state index in [1.807, 2.05) is 0 Å². The Hall–Kier alpha value is 0.459.